The van der Waals surface area contributed by atoms with Crippen LogP contribution in [0.25, 0.3) is 0 Å². The molecule has 3 N–H and O–H groups in total. The van der Waals surface area contributed by atoms with Crippen LogP contribution in [0.5, 0.6) is 0 Å². The minimum absolute atomic E-state index is 0.0558. The first-order valence-corrected chi connectivity index (χ1v) is 11.7. The third-order valence-corrected chi connectivity index (χ3v) is 6.82. The zero-order valence-corrected chi connectivity index (χ0v) is 19.4. The summed E-state index contributed by atoms with van der Waals surface area (Å²) in [7, 11) is 0. The fourth-order valence-corrected chi connectivity index (χ4v) is 5.08. The second-order valence-corrected chi connectivity index (χ2v) is 9.99. The highest BCUT2D eigenvalue weighted by atomic mass is 16.5. The van der Waals surface area contributed by atoms with Gasteiger partial charge in [-0.15, -0.1) is 0 Å². The summed E-state index contributed by atoms with van der Waals surface area (Å²) < 4.78 is 6.09. The molecule has 0 spiro atoms. The Balaban J connectivity index is 2.07. The average Bonchev–Trinajstić information content (AvgIpc) is 2.66. The quantitative estimate of drug-likeness (QED) is 0.418. The van der Waals surface area contributed by atoms with Gasteiger partial charge in [-0.2, -0.15) is 0 Å². The van der Waals surface area contributed by atoms with Gasteiger partial charge in [0.15, 0.2) is 0 Å². The summed E-state index contributed by atoms with van der Waals surface area (Å²) in [6.45, 7) is 8.10. The van der Waals surface area contributed by atoms with Crippen molar-refractivity contribution in [2.45, 2.75) is 97.4 Å². The molecule has 2 rings (SSSR count). The van der Waals surface area contributed by atoms with E-state index in [4.69, 9.17) is 9.84 Å². The standard InChI is InChI=1S/C25H40O6/c1-5-13-25(3,4)24(30)31-21-8-6-7-17-10-9-16(2)20(23(17)21)12-11-18(26)14-19(27)15-22(28)29/h7,9-10,16,18-21,23,26-27H,5-6,8,11-15H2,1-4H3,(H,28,29). The number of carbonyl (C=O) groups excluding carboxylic acids is 1. The van der Waals surface area contributed by atoms with Crippen molar-refractivity contribution in [3.8, 4) is 0 Å². The van der Waals surface area contributed by atoms with Crippen LogP contribution in [0.2, 0.25) is 0 Å². The molecule has 0 saturated heterocycles. The summed E-state index contributed by atoms with van der Waals surface area (Å²) >= 11 is 0. The van der Waals surface area contributed by atoms with Crippen molar-refractivity contribution >= 4 is 11.9 Å². The van der Waals surface area contributed by atoms with Crippen molar-refractivity contribution in [3.05, 3.63) is 23.8 Å². The van der Waals surface area contributed by atoms with Gasteiger partial charge in [0.25, 0.3) is 0 Å². The lowest BCUT2D eigenvalue weighted by molar-refractivity contribution is -0.164. The molecule has 6 nitrogen and oxygen atoms in total. The molecule has 0 radical (unpaired) electrons. The topological polar surface area (TPSA) is 104 Å². The van der Waals surface area contributed by atoms with Gasteiger partial charge < -0.3 is 20.1 Å². The third-order valence-electron chi connectivity index (χ3n) is 6.82. The van der Waals surface area contributed by atoms with Crippen LogP contribution in [0.1, 0.15) is 79.1 Å². The maximum absolute atomic E-state index is 12.9. The molecular formula is C25H40O6. The highest BCUT2D eigenvalue weighted by Crippen LogP contribution is 2.44. The molecule has 0 aromatic carbocycles. The number of carboxylic acid groups (broad SMARTS) is 1. The lowest BCUT2D eigenvalue weighted by atomic mass is 9.66. The summed E-state index contributed by atoms with van der Waals surface area (Å²) in [6, 6.07) is 0. The van der Waals surface area contributed by atoms with Gasteiger partial charge in [-0.3, -0.25) is 9.59 Å². The molecule has 0 amide bonds. The normalized spacial score (nSPS) is 27.7. The van der Waals surface area contributed by atoms with Crippen LogP contribution in [0.4, 0.5) is 0 Å². The zero-order valence-electron chi connectivity index (χ0n) is 19.4. The highest BCUT2D eigenvalue weighted by Gasteiger charge is 2.41. The van der Waals surface area contributed by atoms with Gasteiger partial charge in [0.2, 0.25) is 0 Å². The molecule has 0 heterocycles. The largest absolute Gasteiger partial charge is 0.481 e. The number of carbonyl (C=O) groups is 2. The van der Waals surface area contributed by atoms with E-state index in [1.54, 1.807) is 0 Å². The predicted octanol–water partition coefficient (Wildman–Crippen LogP) is 4.25. The number of hydrogen-bond donors (Lipinski definition) is 3. The van der Waals surface area contributed by atoms with Crippen molar-refractivity contribution in [1.82, 2.24) is 0 Å². The molecule has 6 atom stereocenters. The number of aliphatic hydroxyl groups excluding tert-OH is 2. The molecule has 0 aromatic heterocycles. The smallest absolute Gasteiger partial charge is 0.311 e. The molecule has 6 heteroatoms. The Hall–Kier alpha value is -1.66. The molecule has 6 unspecified atom stereocenters. The van der Waals surface area contributed by atoms with Crippen LogP contribution in [-0.2, 0) is 14.3 Å². The van der Waals surface area contributed by atoms with E-state index < -0.39 is 23.6 Å². The van der Waals surface area contributed by atoms with Gasteiger partial charge in [-0.05, 0) is 69.8 Å². The fraction of sp³-hybridized carbons (Fsp3) is 0.760. The Labute approximate surface area is 186 Å². The number of aliphatic hydroxyl groups is 2. The number of carboxylic acids is 1. The van der Waals surface area contributed by atoms with Crippen LogP contribution in [0.3, 0.4) is 0 Å². The Bertz CT molecular complexity index is 679. The van der Waals surface area contributed by atoms with Crippen molar-refractivity contribution in [2.24, 2.45) is 23.2 Å². The first kappa shape index (κ1) is 25.6. The maximum Gasteiger partial charge on any atom is 0.311 e. The average molecular weight is 437 g/mol. The van der Waals surface area contributed by atoms with Crippen LogP contribution >= 0.6 is 0 Å². The number of aliphatic carboxylic acids is 1. The van der Waals surface area contributed by atoms with Crippen LogP contribution in [-0.4, -0.2) is 45.6 Å². The van der Waals surface area contributed by atoms with E-state index in [2.05, 4.69) is 32.1 Å². The van der Waals surface area contributed by atoms with Crippen LogP contribution < -0.4 is 0 Å². The molecule has 0 fully saturated rings. The number of allylic oxidation sites excluding steroid dienone is 3. The number of ether oxygens (including phenoxy) is 1. The van der Waals surface area contributed by atoms with E-state index >= 15 is 0 Å². The van der Waals surface area contributed by atoms with Gasteiger partial charge in [-0.1, -0.05) is 38.5 Å². The fourth-order valence-electron chi connectivity index (χ4n) is 5.08. The maximum atomic E-state index is 12.9. The number of rotatable bonds is 11. The lowest BCUT2D eigenvalue weighted by Crippen LogP contribution is -2.41. The molecular weight excluding hydrogens is 396 g/mol. The SMILES string of the molecule is CCCC(C)(C)C(=O)OC1CCC=C2C=CC(C)C(CCC(O)CC(O)CC(=O)O)C21. The van der Waals surface area contributed by atoms with Crippen molar-refractivity contribution in [3.63, 3.8) is 0 Å². The molecule has 0 saturated carbocycles. The van der Waals surface area contributed by atoms with E-state index in [0.717, 1.165) is 32.1 Å². The summed E-state index contributed by atoms with van der Waals surface area (Å²) in [5, 5.41) is 29.0. The Morgan fingerprint density at radius 2 is 1.97 bits per heavy atom. The summed E-state index contributed by atoms with van der Waals surface area (Å²) in [4.78, 5) is 23.6. The van der Waals surface area contributed by atoms with Crippen molar-refractivity contribution in [1.29, 1.82) is 0 Å². The van der Waals surface area contributed by atoms with E-state index in [9.17, 15) is 19.8 Å². The molecule has 0 aromatic rings. The van der Waals surface area contributed by atoms with Gasteiger partial charge in [0, 0.05) is 5.92 Å². The molecule has 0 aliphatic heterocycles. The Morgan fingerprint density at radius 3 is 2.61 bits per heavy atom. The van der Waals surface area contributed by atoms with Crippen LogP contribution in [0, 0.1) is 23.2 Å². The Morgan fingerprint density at radius 1 is 1.26 bits per heavy atom. The van der Waals surface area contributed by atoms with Gasteiger partial charge in [0.05, 0.1) is 24.0 Å². The van der Waals surface area contributed by atoms with Gasteiger partial charge >= 0.3 is 11.9 Å². The first-order chi connectivity index (χ1) is 14.5. The Kier molecular flexibility index (Phi) is 9.31. The third kappa shape index (κ3) is 7.18. The van der Waals surface area contributed by atoms with Crippen LogP contribution in [0.15, 0.2) is 23.8 Å². The summed E-state index contributed by atoms with van der Waals surface area (Å²) in [5.74, 6) is -0.612. The zero-order chi connectivity index (χ0) is 23.2. The first-order valence-electron chi connectivity index (χ1n) is 11.7. The van der Waals surface area contributed by atoms with E-state index in [1.807, 2.05) is 13.8 Å². The van der Waals surface area contributed by atoms with Crippen molar-refractivity contribution in [2.75, 3.05) is 0 Å². The summed E-state index contributed by atoms with van der Waals surface area (Å²) in [6.07, 6.45) is 8.89. The minimum atomic E-state index is -1.07. The second kappa shape index (κ2) is 11.3. The minimum Gasteiger partial charge on any atom is -0.481 e. The summed E-state index contributed by atoms with van der Waals surface area (Å²) in [5.41, 5.74) is 0.707. The molecule has 2 aliphatic carbocycles. The van der Waals surface area contributed by atoms with Crippen molar-refractivity contribution < 1.29 is 29.6 Å². The number of esters is 1. The second-order valence-electron chi connectivity index (χ2n) is 9.99. The molecule has 0 bridgehead atoms. The van der Waals surface area contributed by atoms with Gasteiger partial charge in [-0.25, -0.2) is 0 Å². The highest BCUT2D eigenvalue weighted by molar-refractivity contribution is 5.76. The molecule has 31 heavy (non-hydrogen) atoms. The number of hydrogen-bond acceptors (Lipinski definition) is 5. The molecule has 176 valence electrons. The predicted molar refractivity (Wildman–Crippen MR) is 119 cm³/mol. The lowest BCUT2D eigenvalue weighted by Gasteiger charge is -2.42. The van der Waals surface area contributed by atoms with E-state index in [0.29, 0.717) is 6.42 Å². The number of fused-ring (bicyclic) bond motifs is 1. The van der Waals surface area contributed by atoms with Gasteiger partial charge in [0.1, 0.15) is 6.10 Å². The van der Waals surface area contributed by atoms with E-state index in [-0.39, 0.29) is 42.7 Å². The van der Waals surface area contributed by atoms with E-state index in [1.165, 1.54) is 5.57 Å². The monoisotopic (exact) mass is 436 g/mol. The molecule has 2 aliphatic rings.